The first-order valence-corrected chi connectivity index (χ1v) is 8.02. The number of nitrogens with one attached hydrogen (secondary N) is 1. The Hall–Kier alpha value is -2.63. The number of hydrogen-bond acceptors (Lipinski definition) is 4. The second kappa shape index (κ2) is 7.77. The number of aromatic nitrogens is 1. The van der Waals surface area contributed by atoms with Crippen LogP contribution in [0.3, 0.4) is 0 Å². The smallest absolute Gasteiger partial charge is 0.254 e. The largest absolute Gasteiger partial charge is 0.360 e. The summed E-state index contributed by atoms with van der Waals surface area (Å²) in [5, 5.41) is 6.39. The molecule has 6 nitrogen and oxygen atoms in total. The van der Waals surface area contributed by atoms with E-state index in [0.29, 0.717) is 17.1 Å². The van der Waals surface area contributed by atoms with Crippen molar-refractivity contribution in [2.24, 2.45) is 0 Å². The summed E-state index contributed by atoms with van der Waals surface area (Å²) in [7, 11) is 0. The zero-order chi connectivity index (χ0) is 17.7. The van der Waals surface area contributed by atoms with Crippen molar-refractivity contribution in [2.75, 3.05) is 11.9 Å². The van der Waals surface area contributed by atoms with E-state index in [4.69, 9.17) is 4.52 Å². The fourth-order valence-corrected chi connectivity index (χ4v) is 2.38. The summed E-state index contributed by atoms with van der Waals surface area (Å²) in [6.45, 7) is 7.52. The zero-order valence-electron chi connectivity index (χ0n) is 14.5. The van der Waals surface area contributed by atoms with Crippen molar-refractivity contribution >= 4 is 17.6 Å². The van der Waals surface area contributed by atoms with Crippen LogP contribution in [0.5, 0.6) is 0 Å². The average molecular weight is 329 g/mol. The molecule has 0 aliphatic rings. The Bertz CT molecular complexity index is 724. The molecule has 128 valence electrons. The molecular weight excluding hydrogens is 306 g/mol. The minimum atomic E-state index is -0.300. The number of carbonyl (C=O) groups is 2. The summed E-state index contributed by atoms with van der Waals surface area (Å²) in [6, 6.07) is 8.97. The molecule has 0 radical (unpaired) electrons. The fraction of sp³-hybridized carbons (Fsp3) is 0.389. The summed E-state index contributed by atoms with van der Waals surface area (Å²) in [5.74, 6) is 0.518. The van der Waals surface area contributed by atoms with Crippen molar-refractivity contribution in [3.8, 4) is 0 Å². The average Bonchev–Trinajstić information content (AvgIpc) is 2.96. The van der Waals surface area contributed by atoms with Crippen LogP contribution in [0.4, 0.5) is 5.82 Å². The van der Waals surface area contributed by atoms with E-state index in [2.05, 4.69) is 10.5 Å². The standard InChI is InChI=1S/C18H23N3O3/c1-5-13(3)21(18(23)15-9-7-6-8-12(15)2)11-17(22)19-16-10-14(4)24-20-16/h6-10,13H,5,11H2,1-4H3,(H,19,20,22). The molecule has 0 aliphatic carbocycles. The molecule has 0 saturated heterocycles. The Kier molecular flexibility index (Phi) is 5.73. The van der Waals surface area contributed by atoms with Crippen LogP contribution in [0.25, 0.3) is 0 Å². The third-order valence-electron chi connectivity index (χ3n) is 3.97. The van der Waals surface area contributed by atoms with Crippen molar-refractivity contribution < 1.29 is 14.1 Å². The Morgan fingerprint density at radius 1 is 1.29 bits per heavy atom. The van der Waals surface area contributed by atoms with Gasteiger partial charge in [-0.25, -0.2) is 0 Å². The van der Waals surface area contributed by atoms with Crippen LogP contribution >= 0.6 is 0 Å². The van der Waals surface area contributed by atoms with E-state index in [1.807, 2.05) is 39.0 Å². The number of rotatable bonds is 6. The Balaban J connectivity index is 2.15. The SMILES string of the molecule is CCC(C)N(CC(=O)Nc1cc(C)on1)C(=O)c1ccccc1C. The van der Waals surface area contributed by atoms with Crippen molar-refractivity contribution in [1.29, 1.82) is 0 Å². The van der Waals surface area contributed by atoms with Crippen LogP contribution in [-0.2, 0) is 4.79 Å². The molecule has 2 amide bonds. The number of benzene rings is 1. The molecule has 1 heterocycles. The second-order valence-corrected chi connectivity index (χ2v) is 5.88. The van der Waals surface area contributed by atoms with Gasteiger partial charge in [-0.15, -0.1) is 0 Å². The highest BCUT2D eigenvalue weighted by atomic mass is 16.5. The maximum Gasteiger partial charge on any atom is 0.254 e. The number of hydrogen-bond donors (Lipinski definition) is 1. The van der Waals surface area contributed by atoms with E-state index in [1.165, 1.54) is 0 Å². The lowest BCUT2D eigenvalue weighted by molar-refractivity contribution is -0.117. The molecule has 0 aliphatic heterocycles. The summed E-state index contributed by atoms with van der Waals surface area (Å²) in [6.07, 6.45) is 0.758. The molecule has 0 bridgehead atoms. The van der Waals surface area contributed by atoms with Gasteiger partial charge in [0.05, 0.1) is 0 Å². The lowest BCUT2D eigenvalue weighted by Crippen LogP contribution is -2.43. The summed E-state index contributed by atoms with van der Waals surface area (Å²) in [5.41, 5.74) is 1.51. The minimum Gasteiger partial charge on any atom is -0.360 e. The molecule has 0 spiro atoms. The van der Waals surface area contributed by atoms with Gasteiger partial charge in [-0.3, -0.25) is 9.59 Å². The molecule has 2 rings (SSSR count). The van der Waals surface area contributed by atoms with Crippen molar-refractivity contribution in [2.45, 2.75) is 40.2 Å². The van der Waals surface area contributed by atoms with E-state index in [9.17, 15) is 9.59 Å². The Labute approximate surface area is 141 Å². The molecule has 1 aromatic heterocycles. The van der Waals surface area contributed by atoms with Gasteiger partial charge in [0.1, 0.15) is 12.3 Å². The van der Waals surface area contributed by atoms with E-state index < -0.39 is 0 Å². The van der Waals surface area contributed by atoms with Gasteiger partial charge in [0.25, 0.3) is 5.91 Å². The van der Waals surface area contributed by atoms with E-state index >= 15 is 0 Å². The third-order valence-corrected chi connectivity index (χ3v) is 3.97. The van der Waals surface area contributed by atoms with Gasteiger partial charge >= 0.3 is 0 Å². The van der Waals surface area contributed by atoms with Crippen LogP contribution in [-0.4, -0.2) is 34.5 Å². The molecule has 0 saturated carbocycles. The molecular formula is C18H23N3O3. The van der Waals surface area contributed by atoms with E-state index in [0.717, 1.165) is 12.0 Å². The van der Waals surface area contributed by atoms with Gasteiger partial charge in [0, 0.05) is 17.7 Å². The molecule has 1 unspecified atom stereocenters. The van der Waals surface area contributed by atoms with Crippen molar-refractivity contribution in [3.05, 3.63) is 47.2 Å². The highest BCUT2D eigenvalue weighted by Crippen LogP contribution is 2.15. The number of amides is 2. The maximum absolute atomic E-state index is 12.9. The van der Waals surface area contributed by atoms with Crippen LogP contribution in [0.1, 0.15) is 41.9 Å². The fourth-order valence-electron chi connectivity index (χ4n) is 2.38. The van der Waals surface area contributed by atoms with Gasteiger partial charge < -0.3 is 14.7 Å². The number of aryl methyl sites for hydroxylation is 2. The van der Waals surface area contributed by atoms with Crippen LogP contribution < -0.4 is 5.32 Å². The molecule has 2 aromatic rings. The topological polar surface area (TPSA) is 75.4 Å². The number of anilines is 1. The predicted molar refractivity (Wildman–Crippen MR) is 91.8 cm³/mol. The number of carbonyl (C=O) groups excluding carboxylic acids is 2. The van der Waals surface area contributed by atoms with Crippen molar-refractivity contribution in [3.63, 3.8) is 0 Å². The first kappa shape index (κ1) is 17.7. The van der Waals surface area contributed by atoms with Gasteiger partial charge in [-0.1, -0.05) is 30.3 Å². The molecule has 0 fully saturated rings. The van der Waals surface area contributed by atoms with Crippen LogP contribution in [0, 0.1) is 13.8 Å². The predicted octanol–water partition coefficient (Wildman–Crippen LogP) is 3.17. The van der Waals surface area contributed by atoms with Gasteiger partial charge in [0.2, 0.25) is 5.91 Å². The molecule has 6 heteroatoms. The molecule has 1 N–H and O–H groups in total. The quantitative estimate of drug-likeness (QED) is 0.883. The summed E-state index contributed by atoms with van der Waals surface area (Å²) < 4.78 is 4.93. The van der Waals surface area contributed by atoms with Crippen LogP contribution in [0.15, 0.2) is 34.9 Å². The first-order valence-electron chi connectivity index (χ1n) is 8.02. The lowest BCUT2D eigenvalue weighted by Gasteiger charge is -2.28. The Morgan fingerprint density at radius 3 is 2.58 bits per heavy atom. The molecule has 1 aromatic carbocycles. The van der Waals surface area contributed by atoms with Crippen molar-refractivity contribution in [1.82, 2.24) is 10.1 Å². The normalized spacial score (nSPS) is 11.8. The summed E-state index contributed by atoms with van der Waals surface area (Å²) >= 11 is 0. The van der Waals surface area contributed by atoms with Gasteiger partial charge in [-0.2, -0.15) is 0 Å². The van der Waals surface area contributed by atoms with Gasteiger partial charge in [0.15, 0.2) is 5.82 Å². The molecule has 1 atom stereocenters. The third kappa shape index (κ3) is 4.22. The Morgan fingerprint density at radius 2 is 2.00 bits per heavy atom. The highest BCUT2D eigenvalue weighted by molar-refractivity contribution is 6.00. The molecule has 24 heavy (non-hydrogen) atoms. The second-order valence-electron chi connectivity index (χ2n) is 5.88. The minimum absolute atomic E-state index is 0.0336. The summed E-state index contributed by atoms with van der Waals surface area (Å²) in [4.78, 5) is 26.7. The van der Waals surface area contributed by atoms with E-state index in [-0.39, 0.29) is 24.4 Å². The van der Waals surface area contributed by atoms with E-state index in [1.54, 1.807) is 24.0 Å². The lowest BCUT2D eigenvalue weighted by atomic mass is 10.1. The monoisotopic (exact) mass is 329 g/mol. The zero-order valence-corrected chi connectivity index (χ0v) is 14.5. The van der Waals surface area contributed by atoms with Gasteiger partial charge in [-0.05, 0) is 38.8 Å². The van der Waals surface area contributed by atoms with Crippen LogP contribution in [0.2, 0.25) is 0 Å². The highest BCUT2D eigenvalue weighted by Gasteiger charge is 2.24. The number of nitrogens with zero attached hydrogens (tertiary/aromatic N) is 2. The maximum atomic E-state index is 12.9. The first-order chi connectivity index (χ1) is 11.4.